The molecule has 0 aromatic heterocycles. The Labute approximate surface area is 118 Å². The van der Waals surface area contributed by atoms with Crippen LogP contribution in [0.15, 0.2) is 0 Å². The number of likely N-dealkylation sites (tertiary alicyclic amines) is 1. The van der Waals surface area contributed by atoms with Gasteiger partial charge in [-0.15, -0.1) is 0 Å². The number of rotatable bonds is 3. The maximum absolute atomic E-state index is 12.1. The second kappa shape index (κ2) is 6.90. The third kappa shape index (κ3) is 3.95. The van der Waals surface area contributed by atoms with Gasteiger partial charge in [-0.1, -0.05) is 22.9 Å². The van der Waals surface area contributed by atoms with Crippen molar-refractivity contribution in [2.75, 3.05) is 19.7 Å². The largest absolute Gasteiger partial charge is 0.378 e. The Balaban J connectivity index is 1.70. The molecule has 18 heavy (non-hydrogen) atoms. The van der Waals surface area contributed by atoms with Gasteiger partial charge in [0.05, 0.1) is 6.10 Å². The molecule has 0 N–H and O–H groups in total. The SMILES string of the molecule is CC1CCN(C(=O)CCC2CCCCO2)CC1Br. The summed E-state index contributed by atoms with van der Waals surface area (Å²) in [7, 11) is 0. The lowest BCUT2D eigenvalue weighted by Crippen LogP contribution is -2.43. The molecule has 0 bridgehead atoms. The molecule has 2 aliphatic rings. The third-order valence-corrected chi connectivity index (χ3v) is 5.37. The number of alkyl halides is 1. The Kier molecular flexibility index (Phi) is 5.49. The van der Waals surface area contributed by atoms with E-state index in [0.29, 0.717) is 29.2 Å². The summed E-state index contributed by atoms with van der Waals surface area (Å²) in [4.78, 5) is 14.6. The van der Waals surface area contributed by atoms with E-state index in [2.05, 4.69) is 22.9 Å². The minimum atomic E-state index is 0.306. The minimum Gasteiger partial charge on any atom is -0.378 e. The lowest BCUT2D eigenvalue weighted by molar-refractivity contribution is -0.133. The molecule has 2 fully saturated rings. The van der Waals surface area contributed by atoms with Gasteiger partial charge in [0.1, 0.15) is 0 Å². The molecule has 4 heteroatoms. The molecule has 1 amide bonds. The molecule has 2 saturated heterocycles. The zero-order valence-corrected chi connectivity index (χ0v) is 12.8. The highest BCUT2D eigenvalue weighted by Gasteiger charge is 2.27. The monoisotopic (exact) mass is 317 g/mol. The van der Waals surface area contributed by atoms with Gasteiger partial charge >= 0.3 is 0 Å². The van der Waals surface area contributed by atoms with Crippen molar-refractivity contribution >= 4 is 21.8 Å². The molecule has 104 valence electrons. The molecule has 0 saturated carbocycles. The first-order valence-corrected chi connectivity index (χ1v) is 8.12. The van der Waals surface area contributed by atoms with Crippen molar-refractivity contribution in [1.82, 2.24) is 4.90 Å². The van der Waals surface area contributed by atoms with Crippen LogP contribution in [0.5, 0.6) is 0 Å². The number of carbonyl (C=O) groups excluding carboxylic acids is 1. The van der Waals surface area contributed by atoms with Gasteiger partial charge in [0.2, 0.25) is 5.91 Å². The van der Waals surface area contributed by atoms with Crippen molar-refractivity contribution in [2.24, 2.45) is 5.92 Å². The lowest BCUT2D eigenvalue weighted by Gasteiger charge is -2.34. The van der Waals surface area contributed by atoms with Gasteiger partial charge in [-0.25, -0.2) is 0 Å². The van der Waals surface area contributed by atoms with Crippen LogP contribution in [0.25, 0.3) is 0 Å². The van der Waals surface area contributed by atoms with Crippen molar-refractivity contribution in [3.8, 4) is 0 Å². The molecule has 0 spiro atoms. The standard InChI is InChI=1S/C14H24BrNO2/c1-11-7-8-16(10-13(11)15)14(17)6-5-12-4-2-3-9-18-12/h11-13H,2-10H2,1H3. The lowest BCUT2D eigenvalue weighted by atomic mass is 9.98. The number of hydrogen-bond acceptors (Lipinski definition) is 2. The van der Waals surface area contributed by atoms with Crippen molar-refractivity contribution in [2.45, 2.75) is 56.4 Å². The quantitative estimate of drug-likeness (QED) is 0.749. The molecule has 0 aromatic carbocycles. The maximum atomic E-state index is 12.1. The van der Waals surface area contributed by atoms with Gasteiger partial charge < -0.3 is 9.64 Å². The number of hydrogen-bond donors (Lipinski definition) is 0. The summed E-state index contributed by atoms with van der Waals surface area (Å²) in [6.45, 7) is 4.92. The van der Waals surface area contributed by atoms with Crippen LogP contribution in [0.2, 0.25) is 0 Å². The topological polar surface area (TPSA) is 29.5 Å². The first-order valence-electron chi connectivity index (χ1n) is 7.20. The zero-order valence-electron chi connectivity index (χ0n) is 11.2. The first-order chi connectivity index (χ1) is 8.66. The van der Waals surface area contributed by atoms with E-state index < -0.39 is 0 Å². The van der Waals surface area contributed by atoms with E-state index in [1.165, 1.54) is 12.8 Å². The van der Waals surface area contributed by atoms with Crippen molar-refractivity contribution in [1.29, 1.82) is 0 Å². The fourth-order valence-electron chi connectivity index (χ4n) is 2.73. The first kappa shape index (κ1) is 14.3. The molecule has 0 aromatic rings. The molecule has 2 heterocycles. The number of amides is 1. The average Bonchev–Trinajstić information content (AvgIpc) is 2.40. The van der Waals surface area contributed by atoms with Gasteiger partial charge in [-0.3, -0.25) is 4.79 Å². The van der Waals surface area contributed by atoms with Crippen LogP contribution < -0.4 is 0 Å². The van der Waals surface area contributed by atoms with E-state index >= 15 is 0 Å². The van der Waals surface area contributed by atoms with E-state index in [1.54, 1.807) is 0 Å². The number of nitrogens with zero attached hydrogens (tertiary/aromatic N) is 1. The highest BCUT2D eigenvalue weighted by Crippen LogP contribution is 2.24. The highest BCUT2D eigenvalue weighted by atomic mass is 79.9. The Bertz CT molecular complexity index is 279. The molecule has 2 aliphatic heterocycles. The molecule has 0 aliphatic carbocycles. The summed E-state index contributed by atoms with van der Waals surface area (Å²) in [5.41, 5.74) is 0. The van der Waals surface area contributed by atoms with Crippen molar-refractivity contribution < 1.29 is 9.53 Å². The molecule has 3 atom stereocenters. The van der Waals surface area contributed by atoms with Gasteiger partial charge in [-0.05, 0) is 38.0 Å². The zero-order chi connectivity index (χ0) is 13.0. The molecule has 2 rings (SSSR count). The Morgan fingerprint density at radius 1 is 1.39 bits per heavy atom. The van der Waals surface area contributed by atoms with Gasteiger partial charge in [-0.2, -0.15) is 0 Å². The average molecular weight is 318 g/mol. The molecular weight excluding hydrogens is 294 g/mol. The molecular formula is C14H24BrNO2. The number of ether oxygens (including phenoxy) is 1. The van der Waals surface area contributed by atoms with Crippen LogP contribution >= 0.6 is 15.9 Å². The molecule has 0 radical (unpaired) electrons. The van der Waals surface area contributed by atoms with Crippen LogP contribution in [-0.2, 0) is 9.53 Å². The second-order valence-electron chi connectivity index (χ2n) is 5.65. The smallest absolute Gasteiger partial charge is 0.222 e. The van der Waals surface area contributed by atoms with Crippen LogP contribution in [-0.4, -0.2) is 41.4 Å². The third-order valence-electron chi connectivity index (χ3n) is 4.17. The second-order valence-corrected chi connectivity index (χ2v) is 6.83. The summed E-state index contributed by atoms with van der Waals surface area (Å²) in [6.07, 6.45) is 6.55. The van der Waals surface area contributed by atoms with E-state index in [0.717, 1.165) is 39.0 Å². The Morgan fingerprint density at radius 3 is 2.89 bits per heavy atom. The van der Waals surface area contributed by atoms with E-state index in [4.69, 9.17) is 4.74 Å². The summed E-state index contributed by atoms with van der Waals surface area (Å²) in [6, 6.07) is 0. The molecule has 3 nitrogen and oxygen atoms in total. The predicted octanol–water partition coefficient (Wildman–Crippen LogP) is 2.97. The van der Waals surface area contributed by atoms with Crippen LogP contribution in [0.3, 0.4) is 0 Å². The highest BCUT2D eigenvalue weighted by molar-refractivity contribution is 9.09. The van der Waals surface area contributed by atoms with Crippen LogP contribution in [0, 0.1) is 5.92 Å². The number of piperidine rings is 1. The maximum Gasteiger partial charge on any atom is 0.222 e. The van der Waals surface area contributed by atoms with Crippen molar-refractivity contribution in [3.05, 3.63) is 0 Å². The van der Waals surface area contributed by atoms with Crippen molar-refractivity contribution in [3.63, 3.8) is 0 Å². The van der Waals surface area contributed by atoms with Crippen LogP contribution in [0.1, 0.15) is 45.4 Å². The summed E-state index contributed by atoms with van der Waals surface area (Å²) < 4.78 is 5.67. The Hall–Kier alpha value is -0.0900. The van der Waals surface area contributed by atoms with Gasteiger partial charge in [0, 0.05) is 30.9 Å². The van der Waals surface area contributed by atoms with Gasteiger partial charge in [0.25, 0.3) is 0 Å². The normalized spacial score (nSPS) is 33.4. The van der Waals surface area contributed by atoms with E-state index in [-0.39, 0.29) is 0 Å². The van der Waals surface area contributed by atoms with Crippen LogP contribution in [0.4, 0.5) is 0 Å². The minimum absolute atomic E-state index is 0.306. The fraction of sp³-hybridized carbons (Fsp3) is 0.929. The summed E-state index contributed by atoms with van der Waals surface area (Å²) >= 11 is 3.67. The molecule has 3 unspecified atom stereocenters. The van der Waals surface area contributed by atoms with Gasteiger partial charge in [0.15, 0.2) is 0 Å². The van der Waals surface area contributed by atoms with E-state index in [9.17, 15) is 4.79 Å². The Morgan fingerprint density at radius 2 is 2.22 bits per heavy atom. The summed E-state index contributed by atoms with van der Waals surface area (Å²) in [5, 5.41) is 0. The predicted molar refractivity (Wildman–Crippen MR) is 75.9 cm³/mol. The summed E-state index contributed by atoms with van der Waals surface area (Å²) in [5.74, 6) is 0.983. The van der Waals surface area contributed by atoms with E-state index in [1.807, 2.05) is 4.90 Å². The number of halogens is 1. The fourth-order valence-corrected chi connectivity index (χ4v) is 3.34. The number of carbonyl (C=O) groups is 1.